The molecule has 0 aliphatic carbocycles. The second kappa shape index (κ2) is 8.96. The first-order valence-electron chi connectivity index (χ1n) is 8.68. The van der Waals surface area contributed by atoms with Crippen LogP contribution in [0.25, 0.3) is 0 Å². The third kappa shape index (κ3) is 4.83. The lowest BCUT2D eigenvalue weighted by Crippen LogP contribution is -2.50. The summed E-state index contributed by atoms with van der Waals surface area (Å²) in [5.41, 5.74) is 3.93. The first kappa shape index (κ1) is 19.3. The molecule has 2 N–H and O–H groups in total. The van der Waals surface area contributed by atoms with Gasteiger partial charge in [0, 0.05) is 31.6 Å². The Hall–Kier alpha value is -3.46. The van der Waals surface area contributed by atoms with E-state index >= 15 is 0 Å². The van der Waals surface area contributed by atoms with Crippen molar-refractivity contribution >= 4 is 29.1 Å². The van der Waals surface area contributed by atoms with Crippen LogP contribution in [0.3, 0.4) is 0 Å². The highest BCUT2D eigenvalue weighted by molar-refractivity contribution is 6.05. The van der Waals surface area contributed by atoms with Gasteiger partial charge in [-0.15, -0.1) is 0 Å². The minimum absolute atomic E-state index is 0.159. The number of hydrogen-bond acceptors (Lipinski definition) is 6. The van der Waals surface area contributed by atoms with Gasteiger partial charge in [0.1, 0.15) is 6.61 Å². The van der Waals surface area contributed by atoms with Crippen LogP contribution in [0.15, 0.2) is 42.6 Å². The standard InChI is InChI=1S/C19H20N4O5/c1-27-10-11-28-17-8-4-14(12-20-17)21-19(26)13-2-5-15(6-3-13)23-18(25)9-7-16(24)22-23/h2-6,8,12H,7,9-11H2,1H3,(H,21,26)(H,22,24). The molecule has 2 aromatic rings. The molecule has 0 radical (unpaired) electrons. The van der Waals surface area contributed by atoms with E-state index in [1.54, 1.807) is 43.5 Å². The number of nitrogens with zero attached hydrogens (tertiary/aromatic N) is 2. The summed E-state index contributed by atoms with van der Waals surface area (Å²) in [6, 6.07) is 9.69. The van der Waals surface area contributed by atoms with Gasteiger partial charge in [-0.05, 0) is 30.3 Å². The molecule has 0 atom stereocenters. The maximum absolute atomic E-state index is 12.4. The molecule has 1 aromatic heterocycles. The second-order valence-corrected chi connectivity index (χ2v) is 5.99. The first-order valence-corrected chi connectivity index (χ1v) is 8.68. The Balaban J connectivity index is 1.60. The van der Waals surface area contributed by atoms with Gasteiger partial charge in [-0.3, -0.25) is 19.8 Å². The van der Waals surface area contributed by atoms with E-state index in [0.29, 0.717) is 36.0 Å². The van der Waals surface area contributed by atoms with E-state index in [1.807, 2.05) is 0 Å². The van der Waals surface area contributed by atoms with E-state index in [1.165, 1.54) is 11.2 Å². The van der Waals surface area contributed by atoms with Crippen molar-refractivity contribution in [1.82, 2.24) is 10.4 Å². The first-order chi connectivity index (χ1) is 13.6. The zero-order valence-electron chi connectivity index (χ0n) is 15.3. The summed E-state index contributed by atoms with van der Waals surface area (Å²) in [7, 11) is 1.59. The molecule has 0 saturated carbocycles. The number of hydrazine groups is 1. The molecule has 1 fully saturated rings. The number of rotatable bonds is 7. The van der Waals surface area contributed by atoms with Crippen molar-refractivity contribution in [1.29, 1.82) is 0 Å². The third-order valence-corrected chi connectivity index (χ3v) is 3.97. The minimum atomic E-state index is -0.324. The van der Waals surface area contributed by atoms with Crippen LogP contribution in [0.5, 0.6) is 5.88 Å². The normalized spacial score (nSPS) is 13.8. The lowest BCUT2D eigenvalue weighted by atomic mass is 10.1. The van der Waals surface area contributed by atoms with Gasteiger partial charge in [0.05, 0.1) is 24.2 Å². The topological polar surface area (TPSA) is 110 Å². The number of anilines is 2. The Morgan fingerprint density at radius 2 is 1.93 bits per heavy atom. The van der Waals surface area contributed by atoms with Gasteiger partial charge >= 0.3 is 0 Å². The molecule has 3 rings (SSSR count). The zero-order valence-corrected chi connectivity index (χ0v) is 15.3. The number of carbonyl (C=O) groups excluding carboxylic acids is 3. The van der Waals surface area contributed by atoms with Gasteiger partial charge in [0.25, 0.3) is 5.91 Å². The number of amides is 3. The zero-order chi connectivity index (χ0) is 19.9. The average Bonchev–Trinajstić information content (AvgIpc) is 2.71. The van der Waals surface area contributed by atoms with Crippen molar-refractivity contribution in [3.05, 3.63) is 48.2 Å². The maximum atomic E-state index is 12.4. The van der Waals surface area contributed by atoms with Crippen molar-refractivity contribution in [2.45, 2.75) is 12.8 Å². The molecule has 28 heavy (non-hydrogen) atoms. The largest absolute Gasteiger partial charge is 0.475 e. The van der Waals surface area contributed by atoms with Crippen molar-refractivity contribution in [2.75, 3.05) is 30.6 Å². The van der Waals surface area contributed by atoms with E-state index in [0.717, 1.165) is 0 Å². The fraction of sp³-hybridized carbons (Fsp3) is 0.263. The summed E-state index contributed by atoms with van der Waals surface area (Å²) in [6.07, 6.45) is 1.84. The van der Waals surface area contributed by atoms with E-state index < -0.39 is 0 Å². The van der Waals surface area contributed by atoms with E-state index in [4.69, 9.17) is 9.47 Å². The van der Waals surface area contributed by atoms with Gasteiger partial charge in [0.15, 0.2) is 0 Å². The van der Waals surface area contributed by atoms with E-state index in [2.05, 4.69) is 15.7 Å². The van der Waals surface area contributed by atoms with E-state index in [-0.39, 0.29) is 30.6 Å². The van der Waals surface area contributed by atoms with Crippen LogP contribution in [0.2, 0.25) is 0 Å². The molecule has 0 unspecified atom stereocenters. The lowest BCUT2D eigenvalue weighted by molar-refractivity contribution is -0.130. The van der Waals surface area contributed by atoms with Crippen LogP contribution >= 0.6 is 0 Å². The number of methoxy groups -OCH3 is 1. The molecule has 1 aliphatic heterocycles. The SMILES string of the molecule is COCCOc1ccc(NC(=O)c2ccc(N3NC(=O)CCC3=O)cc2)cn1. The Morgan fingerprint density at radius 1 is 1.14 bits per heavy atom. The molecule has 2 heterocycles. The number of carbonyl (C=O) groups is 3. The molecule has 1 saturated heterocycles. The highest BCUT2D eigenvalue weighted by Crippen LogP contribution is 2.19. The number of aromatic nitrogens is 1. The van der Waals surface area contributed by atoms with Crippen LogP contribution in [0.4, 0.5) is 11.4 Å². The van der Waals surface area contributed by atoms with Crippen LogP contribution in [-0.4, -0.2) is 43.0 Å². The summed E-state index contributed by atoms with van der Waals surface area (Å²) < 4.78 is 10.3. The van der Waals surface area contributed by atoms with Crippen LogP contribution < -0.4 is 20.5 Å². The highest BCUT2D eigenvalue weighted by Gasteiger charge is 2.24. The Bertz CT molecular complexity index is 852. The van der Waals surface area contributed by atoms with Crippen LogP contribution in [0, 0.1) is 0 Å². The van der Waals surface area contributed by atoms with Gasteiger partial charge < -0.3 is 14.8 Å². The second-order valence-electron chi connectivity index (χ2n) is 5.99. The Kier molecular flexibility index (Phi) is 6.18. The van der Waals surface area contributed by atoms with Crippen molar-refractivity contribution in [2.24, 2.45) is 0 Å². The summed E-state index contributed by atoms with van der Waals surface area (Å²) in [4.78, 5) is 39.9. The van der Waals surface area contributed by atoms with Gasteiger partial charge in [-0.1, -0.05) is 0 Å². The number of benzene rings is 1. The highest BCUT2D eigenvalue weighted by atomic mass is 16.5. The molecule has 9 heteroatoms. The molecule has 9 nitrogen and oxygen atoms in total. The van der Waals surface area contributed by atoms with Crippen molar-refractivity contribution in [3.8, 4) is 5.88 Å². The monoisotopic (exact) mass is 384 g/mol. The van der Waals surface area contributed by atoms with Gasteiger partial charge in [-0.25, -0.2) is 9.99 Å². The predicted molar refractivity (Wildman–Crippen MR) is 101 cm³/mol. The summed E-state index contributed by atoms with van der Waals surface area (Å²) in [5.74, 6) is -0.303. The lowest BCUT2D eigenvalue weighted by Gasteiger charge is -2.27. The number of pyridine rings is 1. The molecule has 3 amide bonds. The third-order valence-electron chi connectivity index (χ3n) is 3.97. The minimum Gasteiger partial charge on any atom is -0.475 e. The number of ether oxygens (including phenoxy) is 2. The quantitative estimate of drug-likeness (QED) is 0.701. The fourth-order valence-corrected chi connectivity index (χ4v) is 2.52. The molecule has 0 bridgehead atoms. The van der Waals surface area contributed by atoms with Crippen LogP contribution in [-0.2, 0) is 14.3 Å². The smallest absolute Gasteiger partial charge is 0.255 e. The Morgan fingerprint density at radius 3 is 2.61 bits per heavy atom. The molecular weight excluding hydrogens is 364 g/mol. The van der Waals surface area contributed by atoms with Crippen molar-refractivity contribution < 1.29 is 23.9 Å². The molecular formula is C19H20N4O5. The fourth-order valence-electron chi connectivity index (χ4n) is 2.52. The predicted octanol–water partition coefficient (Wildman–Crippen LogP) is 1.52. The van der Waals surface area contributed by atoms with Crippen LogP contribution in [0.1, 0.15) is 23.2 Å². The summed E-state index contributed by atoms with van der Waals surface area (Å²) >= 11 is 0. The molecule has 0 spiro atoms. The molecule has 146 valence electrons. The summed E-state index contributed by atoms with van der Waals surface area (Å²) in [6.45, 7) is 0.852. The number of nitrogens with one attached hydrogen (secondary N) is 2. The molecule has 1 aliphatic rings. The maximum Gasteiger partial charge on any atom is 0.255 e. The Labute approximate surface area is 161 Å². The molecule has 1 aromatic carbocycles. The van der Waals surface area contributed by atoms with Gasteiger partial charge in [-0.2, -0.15) is 0 Å². The van der Waals surface area contributed by atoms with Crippen molar-refractivity contribution in [3.63, 3.8) is 0 Å². The number of hydrogen-bond donors (Lipinski definition) is 2. The average molecular weight is 384 g/mol. The van der Waals surface area contributed by atoms with E-state index in [9.17, 15) is 14.4 Å². The van der Waals surface area contributed by atoms with Gasteiger partial charge in [0.2, 0.25) is 17.7 Å². The summed E-state index contributed by atoms with van der Waals surface area (Å²) in [5, 5.41) is 3.93.